The molecule has 1 aliphatic rings. The zero-order chi connectivity index (χ0) is 12.7. The molecule has 0 atom stereocenters. The van der Waals surface area contributed by atoms with Crippen molar-refractivity contribution in [3.05, 3.63) is 0 Å². The minimum atomic E-state index is -0.775. The molecule has 0 amide bonds. The predicted molar refractivity (Wildman–Crippen MR) is 85.4 cm³/mol. The Morgan fingerprint density at radius 1 is 1.12 bits per heavy atom. The van der Waals surface area contributed by atoms with Crippen molar-refractivity contribution in [1.82, 2.24) is 4.57 Å². The van der Waals surface area contributed by atoms with Crippen molar-refractivity contribution in [2.75, 3.05) is 6.54 Å². The van der Waals surface area contributed by atoms with Crippen LogP contribution in [0.1, 0.15) is 45.4 Å². The summed E-state index contributed by atoms with van der Waals surface area (Å²) in [6, 6.07) is 4.09. The molecule has 0 saturated heterocycles. The van der Waals surface area contributed by atoms with E-state index >= 15 is 0 Å². The highest BCUT2D eigenvalue weighted by Crippen LogP contribution is 2.22. The van der Waals surface area contributed by atoms with Crippen LogP contribution in [0.25, 0.3) is 0 Å². The minimum Gasteiger partial charge on any atom is -0.327 e. The number of rotatable bonds is 7. The molecule has 0 radical (unpaired) electrons. The van der Waals surface area contributed by atoms with Gasteiger partial charge in [0.2, 0.25) is 0 Å². The first-order valence-electron chi connectivity index (χ1n) is 7.77. The van der Waals surface area contributed by atoms with Gasteiger partial charge in [-0.15, -0.1) is 0 Å². The molecule has 17 heavy (non-hydrogen) atoms. The van der Waals surface area contributed by atoms with Crippen LogP contribution in [-0.2, 0) is 0 Å². The third-order valence-corrected chi connectivity index (χ3v) is 8.33. The Bertz CT molecular complexity index is 195. The van der Waals surface area contributed by atoms with Crippen LogP contribution >= 0.6 is 0 Å². The summed E-state index contributed by atoms with van der Waals surface area (Å²) in [6.45, 7) is 11.2. The molecule has 0 bridgehead atoms. The molecule has 1 nitrogen and oxygen atoms in total. The van der Waals surface area contributed by atoms with Gasteiger partial charge in [-0.3, -0.25) is 0 Å². The average molecular weight is 272 g/mol. The fraction of sp³-hybridized carbons (Fsp3) is 1.00. The standard InChI is InChI=1S/C14H33NSi2/c1-5-15(14-10-7-6-8-11-14)16-12-9-13-17(2,3)4/h14H,5-13,16H2,1-4H3. The van der Waals surface area contributed by atoms with Gasteiger partial charge in [0, 0.05) is 14.1 Å². The fourth-order valence-electron chi connectivity index (χ4n) is 3.02. The summed E-state index contributed by atoms with van der Waals surface area (Å²) in [5.41, 5.74) is 0. The summed E-state index contributed by atoms with van der Waals surface area (Å²) in [5, 5.41) is 0. The van der Waals surface area contributed by atoms with Crippen LogP contribution in [0.3, 0.4) is 0 Å². The molecule has 1 fully saturated rings. The van der Waals surface area contributed by atoms with E-state index in [1.54, 1.807) is 12.1 Å². The highest BCUT2D eigenvalue weighted by atomic mass is 28.3. The lowest BCUT2D eigenvalue weighted by Gasteiger charge is -2.33. The van der Waals surface area contributed by atoms with E-state index < -0.39 is 8.07 Å². The highest BCUT2D eigenvalue weighted by molar-refractivity contribution is 6.76. The number of nitrogens with zero attached hydrogens (tertiary/aromatic N) is 1. The van der Waals surface area contributed by atoms with Gasteiger partial charge in [0.25, 0.3) is 0 Å². The molecule has 0 aromatic heterocycles. The third kappa shape index (κ3) is 6.77. The van der Waals surface area contributed by atoms with Crippen molar-refractivity contribution in [2.24, 2.45) is 0 Å². The van der Waals surface area contributed by atoms with E-state index in [0.29, 0.717) is 0 Å². The Morgan fingerprint density at radius 3 is 2.29 bits per heavy atom. The van der Waals surface area contributed by atoms with E-state index in [1.807, 2.05) is 0 Å². The molecule has 0 N–H and O–H groups in total. The molecule has 1 rings (SSSR count). The topological polar surface area (TPSA) is 3.24 Å². The third-order valence-electron chi connectivity index (χ3n) is 4.12. The van der Waals surface area contributed by atoms with Gasteiger partial charge in [0.15, 0.2) is 0 Å². The lowest BCUT2D eigenvalue weighted by atomic mass is 9.95. The first-order valence-corrected chi connectivity index (χ1v) is 13.1. The summed E-state index contributed by atoms with van der Waals surface area (Å²) in [5.74, 6) is 0. The lowest BCUT2D eigenvalue weighted by molar-refractivity contribution is 0.265. The normalized spacial score (nSPS) is 19.6. The second-order valence-corrected chi connectivity index (χ2v) is 14.5. The number of hydrogen-bond acceptors (Lipinski definition) is 1. The summed E-state index contributed by atoms with van der Waals surface area (Å²) in [6.07, 6.45) is 8.98. The molecule has 1 aliphatic carbocycles. The van der Waals surface area contributed by atoms with Gasteiger partial charge in [0.1, 0.15) is 0 Å². The zero-order valence-electron chi connectivity index (χ0n) is 12.6. The van der Waals surface area contributed by atoms with Crippen LogP contribution < -0.4 is 0 Å². The van der Waals surface area contributed by atoms with Crippen molar-refractivity contribution >= 4 is 17.8 Å². The molecule has 3 heteroatoms. The van der Waals surface area contributed by atoms with E-state index in [-0.39, 0.29) is 9.68 Å². The quantitative estimate of drug-likeness (QED) is 0.502. The van der Waals surface area contributed by atoms with Gasteiger partial charge >= 0.3 is 0 Å². The average Bonchev–Trinajstić information content (AvgIpc) is 2.29. The second-order valence-electron chi connectivity index (χ2n) is 6.94. The Kier molecular flexibility index (Phi) is 7.04. The van der Waals surface area contributed by atoms with Gasteiger partial charge in [-0.05, 0) is 19.4 Å². The van der Waals surface area contributed by atoms with Crippen LogP contribution in [0.4, 0.5) is 0 Å². The summed E-state index contributed by atoms with van der Waals surface area (Å²) >= 11 is 0. The SMILES string of the molecule is CCN([SiH2]CCC[Si](C)(C)C)C1CCCCC1. The van der Waals surface area contributed by atoms with E-state index in [9.17, 15) is 0 Å². The van der Waals surface area contributed by atoms with Gasteiger partial charge in [0.05, 0.1) is 9.68 Å². The maximum absolute atomic E-state index is 2.89. The molecule has 0 aliphatic heterocycles. The summed E-state index contributed by atoms with van der Waals surface area (Å²) in [7, 11) is -0.708. The van der Waals surface area contributed by atoms with Crippen LogP contribution in [0.2, 0.25) is 31.7 Å². The Morgan fingerprint density at radius 2 is 1.76 bits per heavy atom. The van der Waals surface area contributed by atoms with Gasteiger partial charge in [-0.25, -0.2) is 0 Å². The van der Waals surface area contributed by atoms with E-state index in [2.05, 4.69) is 31.1 Å². The van der Waals surface area contributed by atoms with Crippen LogP contribution in [0, 0.1) is 0 Å². The van der Waals surface area contributed by atoms with Crippen LogP contribution in [0.5, 0.6) is 0 Å². The van der Waals surface area contributed by atoms with E-state index in [4.69, 9.17) is 0 Å². The highest BCUT2D eigenvalue weighted by Gasteiger charge is 2.19. The van der Waals surface area contributed by atoms with Crippen LogP contribution in [-0.4, -0.2) is 34.9 Å². The molecule has 102 valence electrons. The zero-order valence-corrected chi connectivity index (χ0v) is 15.0. The Labute approximate surface area is 112 Å². The largest absolute Gasteiger partial charge is 0.327 e. The first-order chi connectivity index (χ1) is 8.03. The first kappa shape index (κ1) is 15.5. The maximum atomic E-state index is 2.89. The molecule has 1 saturated carbocycles. The van der Waals surface area contributed by atoms with Gasteiger partial charge < -0.3 is 4.57 Å². The summed E-state index contributed by atoms with van der Waals surface area (Å²) in [4.78, 5) is 0. The maximum Gasteiger partial charge on any atom is 0.0953 e. The van der Waals surface area contributed by atoms with E-state index in [1.165, 1.54) is 45.1 Å². The molecule has 0 aromatic rings. The van der Waals surface area contributed by atoms with Crippen molar-refractivity contribution in [1.29, 1.82) is 0 Å². The van der Waals surface area contributed by atoms with Crippen molar-refractivity contribution < 1.29 is 0 Å². The number of hydrogen-bond donors (Lipinski definition) is 0. The van der Waals surface area contributed by atoms with Crippen LogP contribution in [0.15, 0.2) is 0 Å². The van der Waals surface area contributed by atoms with Gasteiger partial charge in [-0.2, -0.15) is 0 Å². The Hall–Kier alpha value is 0.394. The molecule has 0 unspecified atom stereocenters. The summed E-state index contributed by atoms with van der Waals surface area (Å²) < 4.78 is 2.89. The minimum absolute atomic E-state index is 0.0670. The van der Waals surface area contributed by atoms with Crippen molar-refractivity contribution in [2.45, 2.75) is 83.2 Å². The molecule has 0 spiro atoms. The molecular formula is C14H33NSi2. The fourth-order valence-corrected chi connectivity index (χ4v) is 6.75. The smallest absolute Gasteiger partial charge is 0.0953 e. The van der Waals surface area contributed by atoms with Gasteiger partial charge in [-0.1, -0.05) is 64.3 Å². The predicted octanol–water partition coefficient (Wildman–Crippen LogP) is 3.87. The lowest BCUT2D eigenvalue weighted by Crippen LogP contribution is -2.39. The molecule has 0 heterocycles. The molecular weight excluding hydrogens is 238 g/mol. The monoisotopic (exact) mass is 271 g/mol. The Balaban J connectivity index is 2.18. The van der Waals surface area contributed by atoms with Crippen molar-refractivity contribution in [3.63, 3.8) is 0 Å². The second kappa shape index (κ2) is 7.75. The molecule has 0 aromatic carbocycles. The van der Waals surface area contributed by atoms with E-state index in [0.717, 1.165) is 6.04 Å². The van der Waals surface area contributed by atoms with Crippen molar-refractivity contribution in [3.8, 4) is 0 Å².